The maximum atomic E-state index is 11.5. The molecule has 24 heavy (non-hydrogen) atoms. The van der Waals surface area contributed by atoms with Gasteiger partial charge in [0.1, 0.15) is 11.4 Å². The van der Waals surface area contributed by atoms with Gasteiger partial charge in [0, 0.05) is 0 Å². The van der Waals surface area contributed by atoms with Crippen LogP contribution in [0.25, 0.3) is 12.2 Å². The number of hydrogen-bond donors (Lipinski definition) is 2. The molecule has 0 spiro atoms. The van der Waals surface area contributed by atoms with Gasteiger partial charge < -0.3 is 9.72 Å². The van der Waals surface area contributed by atoms with Crippen LogP contribution in [0.15, 0.2) is 32.3 Å². The Bertz CT molecular complexity index is 914. The van der Waals surface area contributed by atoms with Crippen molar-refractivity contribution in [3.05, 3.63) is 64.9 Å². The van der Waals surface area contributed by atoms with Crippen LogP contribution in [-0.4, -0.2) is 21.0 Å². The van der Waals surface area contributed by atoms with E-state index >= 15 is 0 Å². The SMILES string of the molecule is CC(C)Oc1ccc(C=Cc2[nH]c(=O)[nH]c(=O)c2[N+](=O)[O-])cc1Br. The molecule has 0 aliphatic carbocycles. The topological polar surface area (TPSA) is 118 Å². The number of halogens is 1. The van der Waals surface area contributed by atoms with Gasteiger partial charge in [-0.1, -0.05) is 12.1 Å². The van der Waals surface area contributed by atoms with Crippen LogP contribution in [0.2, 0.25) is 0 Å². The maximum Gasteiger partial charge on any atom is 0.357 e. The van der Waals surface area contributed by atoms with E-state index in [1.165, 1.54) is 6.08 Å². The zero-order valence-electron chi connectivity index (χ0n) is 12.8. The highest BCUT2D eigenvalue weighted by Crippen LogP contribution is 2.27. The average Bonchev–Trinajstić information content (AvgIpc) is 2.46. The second-order valence-corrected chi connectivity index (χ2v) is 5.97. The summed E-state index contributed by atoms with van der Waals surface area (Å²) in [7, 11) is 0. The number of ether oxygens (including phenoxy) is 1. The highest BCUT2D eigenvalue weighted by atomic mass is 79.9. The number of aromatic nitrogens is 2. The normalized spacial score (nSPS) is 11.2. The summed E-state index contributed by atoms with van der Waals surface area (Å²) in [5.41, 5.74) is -2.05. The first-order valence-electron chi connectivity index (χ1n) is 6.93. The van der Waals surface area contributed by atoms with Crippen molar-refractivity contribution in [2.75, 3.05) is 0 Å². The van der Waals surface area contributed by atoms with Crippen LogP contribution in [0.1, 0.15) is 25.1 Å². The summed E-state index contributed by atoms with van der Waals surface area (Å²) in [5.74, 6) is 0.665. The minimum absolute atomic E-state index is 0.0199. The third kappa shape index (κ3) is 4.19. The lowest BCUT2D eigenvalue weighted by Gasteiger charge is -2.11. The number of nitrogens with one attached hydrogen (secondary N) is 2. The van der Waals surface area contributed by atoms with Gasteiger partial charge in [0.05, 0.1) is 15.5 Å². The van der Waals surface area contributed by atoms with Gasteiger partial charge in [-0.05, 0) is 53.5 Å². The minimum atomic E-state index is -1.05. The largest absolute Gasteiger partial charge is 0.490 e. The molecule has 0 unspecified atom stereocenters. The number of benzene rings is 1. The van der Waals surface area contributed by atoms with Gasteiger partial charge in [0.25, 0.3) is 0 Å². The van der Waals surface area contributed by atoms with Crippen molar-refractivity contribution >= 4 is 33.8 Å². The summed E-state index contributed by atoms with van der Waals surface area (Å²) in [6.45, 7) is 3.81. The number of aromatic amines is 2. The Morgan fingerprint density at radius 3 is 2.54 bits per heavy atom. The number of H-pyrrole nitrogens is 2. The monoisotopic (exact) mass is 395 g/mol. The lowest BCUT2D eigenvalue weighted by atomic mass is 10.2. The lowest BCUT2D eigenvalue weighted by molar-refractivity contribution is -0.386. The predicted molar refractivity (Wildman–Crippen MR) is 93.2 cm³/mol. The van der Waals surface area contributed by atoms with E-state index in [-0.39, 0.29) is 11.8 Å². The Morgan fingerprint density at radius 1 is 1.25 bits per heavy atom. The molecule has 2 aromatic rings. The Labute approximate surface area is 144 Å². The second-order valence-electron chi connectivity index (χ2n) is 5.12. The van der Waals surface area contributed by atoms with E-state index in [4.69, 9.17) is 4.74 Å². The predicted octanol–water partition coefficient (Wildman–Crippen LogP) is 2.69. The third-order valence-corrected chi connectivity index (χ3v) is 3.51. The van der Waals surface area contributed by atoms with E-state index in [1.54, 1.807) is 24.3 Å². The molecule has 1 aromatic carbocycles. The fourth-order valence-corrected chi connectivity index (χ4v) is 2.44. The zero-order valence-corrected chi connectivity index (χ0v) is 14.4. The van der Waals surface area contributed by atoms with Gasteiger partial charge in [-0.15, -0.1) is 0 Å². The molecule has 0 saturated heterocycles. The summed E-state index contributed by atoms with van der Waals surface area (Å²) in [6.07, 6.45) is 2.87. The molecule has 0 radical (unpaired) electrons. The molecule has 1 heterocycles. The fourth-order valence-electron chi connectivity index (χ4n) is 1.95. The van der Waals surface area contributed by atoms with Gasteiger partial charge in [0.15, 0.2) is 0 Å². The molecular formula is C15H14BrN3O5. The van der Waals surface area contributed by atoms with Crippen molar-refractivity contribution in [3.63, 3.8) is 0 Å². The second kappa shape index (κ2) is 7.26. The van der Waals surface area contributed by atoms with Crippen LogP contribution in [0, 0.1) is 10.1 Å². The lowest BCUT2D eigenvalue weighted by Crippen LogP contribution is -2.25. The Balaban J connectivity index is 2.38. The summed E-state index contributed by atoms with van der Waals surface area (Å²) < 4.78 is 6.31. The van der Waals surface area contributed by atoms with Crippen LogP contribution < -0.4 is 16.0 Å². The number of nitrogens with zero attached hydrogens (tertiary/aromatic N) is 1. The molecule has 8 nitrogen and oxygen atoms in total. The molecule has 1 aromatic heterocycles. The van der Waals surface area contributed by atoms with Crippen molar-refractivity contribution < 1.29 is 9.66 Å². The van der Waals surface area contributed by atoms with Crippen LogP contribution in [0.3, 0.4) is 0 Å². The van der Waals surface area contributed by atoms with E-state index < -0.39 is 21.9 Å². The summed E-state index contributed by atoms with van der Waals surface area (Å²) in [6, 6.07) is 5.25. The first-order chi connectivity index (χ1) is 11.3. The van der Waals surface area contributed by atoms with Crippen molar-refractivity contribution in [3.8, 4) is 5.75 Å². The van der Waals surface area contributed by atoms with E-state index in [1.807, 2.05) is 18.8 Å². The summed E-state index contributed by atoms with van der Waals surface area (Å²) in [4.78, 5) is 37.0. The van der Waals surface area contributed by atoms with Crippen LogP contribution in [0.5, 0.6) is 5.75 Å². The third-order valence-electron chi connectivity index (χ3n) is 2.89. The molecule has 9 heteroatoms. The van der Waals surface area contributed by atoms with E-state index in [9.17, 15) is 19.7 Å². The van der Waals surface area contributed by atoms with Crippen LogP contribution in [0.4, 0.5) is 5.69 Å². The van der Waals surface area contributed by atoms with E-state index in [0.29, 0.717) is 15.8 Å². The quantitative estimate of drug-likeness (QED) is 0.595. The highest BCUT2D eigenvalue weighted by molar-refractivity contribution is 9.10. The first-order valence-corrected chi connectivity index (χ1v) is 7.72. The van der Waals surface area contributed by atoms with Crippen LogP contribution in [-0.2, 0) is 0 Å². The molecule has 0 atom stereocenters. The van der Waals surface area contributed by atoms with Crippen LogP contribution >= 0.6 is 15.9 Å². The average molecular weight is 396 g/mol. The summed E-state index contributed by atoms with van der Waals surface area (Å²) >= 11 is 3.38. The van der Waals surface area contributed by atoms with E-state index in [0.717, 1.165) is 0 Å². The number of hydrogen-bond acceptors (Lipinski definition) is 5. The molecule has 0 bridgehead atoms. The van der Waals surface area contributed by atoms with Gasteiger partial charge in [-0.3, -0.25) is 19.9 Å². The number of nitro groups is 1. The van der Waals surface area contributed by atoms with Gasteiger partial charge >= 0.3 is 16.9 Å². The van der Waals surface area contributed by atoms with Gasteiger partial charge in [0.2, 0.25) is 0 Å². The van der Waals surface area contributed by atoms with Crippen molar-refractivity contribution in [1.82, 2.24) is 9.97 Å². The Kier molecular flexibility index (Phi) is 5.35. The van der Waals surface area contributed by atoms with Gasteiger partial charge in [-0.2, -0.15) is 0 Å². The minimum Gasteiger partial charge on any atom is -0.490 e. The molecule has 0 saturated carbocycles. The fraction of sp³-hybridized carbons (Fsp3) is 0.200. The molecule has 0 fully saturated rings. The zero-order chi connectivity index (χ0) is 17.9. The molecule has 2 N–H and O–H groups in total. The Morgan fingerprint density at radius 2 is 1.96 bits per heavy atom. The highest BCUT2D eigenvalue weighted by Gasteiger charge is 2.18. The smallest absolute Gasteiger partial charge is 0.357 e. The van der Waals surface area contributed by atoms with Crippen molar-refractivity contribution in [1.29, 1.82) is 0 Å². The molecular weight excluding hydrogens is 382 g/mol. The standard InChI is InChI=1S/C15H14BrN3O5/c1-8(2)24-12-6-4-9(7-10(12)16)3-5-11-13(19(22)23)14(20)18-15(21)17-11/h3-8H,1-2H3,(H2,17,18,20,21). The molecule has 0 aliphatic heterocycles. The van der Waals surface area contributed by atoms with E-state index in [2.05, 4.69) is 20.9 Å². The molecule has 0 amide bonds. The van der Waals surface area contributed by atoms with Crippen molar-refractivity contribution in [2.45, 2.75) is 20.0 Å². The molecule has 2 rings (SSSR count). The molecule has 0 aliphatic rings. The van der Waals surface area contributed by atoms with Gasteiger partial charge in [-0.25, -0.2) is 4.79 Å². The first kappa shape index (κ1) is 17.7. The van der Waals surface area contributed by atoms with Crippen molar-refractivity contribution in [2.24, 2.45) is 0 Å². The maximum absolute atomic E-state index is 11.5. The Hall–Kier alpha value is -2.68. The molecule has 126 valence electrons. The summed E-state index contributed by atoms with van der Waals surface area (Å²) in [5, 5.41) is 11.0. The number of rotatable bonds is 5.